The SMILES string of the molecule is CC(C)C(C)(O)CN(C)C1CCCCC1CN. The van der Waals surface area contributed by atoms with Crippen molar-refractivity contribution in [1.29, 1.82) is 0 Å². The number of nitrogens with two attached hydrogens (primary N) is 1. The van der Waals surface area contributed by atoms with E-state index >= 15 is 0 Å². The Morgan fingerprint density at radius 2 is 1.94 bits per heavy atom. The molecule has 1 aliphatic rings. The fraction of sp³-hybridized carbons (Fsp3) is 1.00. The molecule has 1 saturated carbocycles. The molecule has 0 spiro atoms. The third-order valence-electron chi connectivity index (χ3n) is 4.55. The average molecular weight is 242 g/mol. The van der Waals surface area contributed by atoms with Gasteiger partial charge in [-0.25, -0.2) is 0 Å². The molecular weight excluding hydrogens is 212 g/mol. The largest absolute Gasteiger partial charge is 0.389 e. The maximum Gasteiger partial charge on any atom is 0.0768 e. The molecule has 0 heterocycles. The Morgan fingerprint density at radius 1 is 1.35 bits per heavy atom. The molecule has 0 bridgehead atoms. The highest BCUT2D eigenvalue weighted by Crippen LogP contribution is 2.29. The molecule has 3 N–H and O–H groups in total. The molecule has 0 saturated heterocycles. The first-order valence-corrected chi connectivity index (χ1v) is 7.01. The monoisotopic (exact) mass is 242 g/mol. The second-order valence-electron chi connectivity index (χ2n) is 6.27. The van der Waals surface area contributed by atoms with Crippen molar-refractivity contribution < 1.29 is 5.11 Å². The maximum absolute atomic E-state index is 10.4. The summed E-state index contributed by atoms with van der Waals surface area (Å²) in [5.74, 6) is 0.890. The minimum Gasteiger partial charge on any atom is -0.389 e. The van der Waals surface area contributed by atoms with Gasteiger partial charge in [0.15, 0.2) is 0 Å². The molecule has 0 aromatic carbocycles. The summed E-state index contributed by atoms with van der Waals surface area (Å²) in [6.07, 6.45) is 5.09. The molecule has 17 heavy (non-hydrogen) atoms. The van der Waals surface area contributed by atoms with E-state index in [1.54, 1.807) is 0 Å². The molecule has 1 rings (SSSR count). The maximum atomic E-state index is 10.4. The number of aliphatic hydroxyl groups is 1. The van der Waals surface area contributed by atoms with E-state index in [0.29, 0.717) is 12.0 Å². The van der Waals surface area contributed by atoms with Gasteiger partial charge in [0.25, 0.3) is 0 Å². The van der Waals surface area contributed by atoms with Gasteiger partial charge in [0, 0.05) is 12.6 Å². The van der Waals surface area contributed by atoms with E-state index < -0.39 is 5.60 Å². The van der Waals surface area contributed by atoms with Crippen molar-refractivity contribution in [3.05, 3.63) is 0 Å². The molecule has 3 heteroatoms. The van der Waals surface area contributed by atoms with Crippen molar-refractivity contribution in [2.75, 3.05) is 20.1 Å². The van der Waals surface area contributed by atoms with Crippen LogP contribution in [0.5, 0.6) is 0 Å². The molecular formula is C14H30N2O. The highest BCUT2D eigenvalue weighted by atomic mass is 16.3. The Balaban J connectivity index is 2.58. The zero-order valence-electron chi connectivity index (χ0n) is 11.9. The molecule has 0 aromatic heterocycles. The Labute approximate surface area is 106 Å². The molecule has 3 atom stereocenters. The third kappa shape index (κ3) is 3.94. The predicted molar refractivity (Wildman–Crippen MR) is 72.9 cm³/mol. The Bertz CT molecular complexity index is 228. The van der Waals surface area contributed by atoms with Crippen LogP contribution in [0.1, 0.15) is 46.5 Å². The molecule has 0 aliphatic heterocycles. The van der Waals surface area contributed by atoms with Gasteiger partial charge in [0.05, 0.1) is 5.60 Å². The van der Waals surface area contributed by atoms with Gasteiger partial charge in [-0.2, -0.15) is 0 Å². The minimum absolute atomic E-state index is 0.282. The van der Waals surface area contributed by atoms with Crippen molar-refractivity contribution in [2.45, 2.75) is 58.1 Å². The lowest BCUT2D eigenvalue weighted by molar-refractivity contribution is -0.0319. The zero-order valence-corrected chi connectivity index (χ0v) is 11.9. The fourth-order valence-electron chi connectivity index (χ4n) is 2.85. The molecule has 3 unspecified atom stereocenters. The lowest BCUT2D eigenvalue weighted by atomic mass is 9.82. The predicted octanol–water partition coefficient (Wildman–Crippen LogP) is 1.84. The molecule has 1 fully saturated rings. The lowest BCUT2D eigenvalue weighted by Gasteiger charge is -2.41. The average Bonchev–Trinajstić information content (AvgIpc) is 2.28. The van der Waals surface area contributed by atoms with E-state index in [2.05, 4.69) is 25.8 Å². The van der Waals surface area contributed by atoms with Crippen LogP contribution in [0.4, 0.5) is 0 Å². The van der Waals surface area contributed by atoms with E-state index in [1.165, 1.54) is 25.7 Å². The number of likely N-dealkylation sites (N-methyl/N-ethyl adjacent to an activating group) is 1. The second kappa shape index (κ2) is 6.17. The van der Waals surface area contributed by atoms with E-state index in [9.17, 15) is 5.11 Å². The van der Waals surface area contributed by atoms with Crippen molar-refractivity contribution >= 4 is 0 Å². The van der Waals surface area contributed by atoms with Crippen molar-refractivity contribution in [2.24, 2.45) is 17.6 Å². The highest BCUT2D eigenvalue weighted by Gasteiger charge is 2.33. The topological polar surface area (TPSA) is 49.5 Å². The smallest absolute Gasteiger partial charge is 0.0768 e. The summed E-state index contributed by atoms with van der Waals surface area (Å²) in [5, 5.41) is 10.4. The summed E-state index contributed by atoms with van der Waals surface area (Å²) in [5.41, 5.74) is 5.26. The van der Waals surface area contributed by atoms with Gasteiger partial charge in [-0.15, -0.1) is 0 Å². The van der Waals surface area contributed by atoms with Crippen LogP contribution in [0.15, 0.2) is 0 Å². The van der Waals surface area contributed by atoms with Crippen LogP contribution in [0, 0.1) is 11.8 Å². The highest BCUT2D eigenvalue weighted by molar-refractivity contribution is 4.87. The van der Waals surface area contributed by atoms with Gasteiger partial charge >= 0.3 is 0 Å². The summed E-state index contributed by atoms with van der Waals surface area (Å²) >= 11 is 0. The summed E-state index contributed by atoms with van der Waals surface area (Å²) in [7, 11) is 2.13. The first-order chi connectivity index (χ1) is 7.88. The van der Waals surface area contributed by atoms with Crippen molar-refractivity contribution in [1.82, 2.24) is 4.90 Å². The number of nitrogens with zero attached hydrogens (tertiary/aromatic N) is 1. The van der Waals surface area contributed by atoms with E-state index in [1.807, 2.05) is 6.92 Å². The molecule has 102 valence electrons. The van der Waals surface area contributed by atoms with E-state index in [-0.39, 0.29) is 5.92 Å². The first kappa shape index (κ1) is 14.9. The molecule has 1 aliphatic carbocycles. The molecule has 0 amide bonds. The Hall–Kier alpha value is -0.120. The fourth-order valence-corrected chi connectivity index (χ4v) is 2.85. The van der Waals surface area contributed by atoms with Gasteiger partial charge in [0.2, 0.25) is 0 Å². The third-order valence-corrected chi connectivity index (χ3v) is 4.55. The van der Waals surface area contributed by atoms with Crippen LogP contribution in [-0.4, -0.2) is 41.8 Å². The standard InChI is InChI=1S/C14H30N2O/c1-11(2)14(3,17)10-16(4)13-8-6-5-7-12(13)9-15/h11-13,17H,5-10,15H2,1-4H3. The Morgan fingerprint density at radius 3 is 2.47 bits per heavy atom. The van der Waals surface area contributed by atoms with Crippen LogP contribution in [-0.2, 0) is 0 Å². The first-order valence-electron chi connectivity index (χ1n) is 7.01. The number of rotatable bonds is 5. The summed E-state index contributed by atoms with van der Waals surface area (Å²) < 4.78 is 0. The summed E-state index contributed by atoms with van der Waals surface area (Å²) in [6, 6.07) is 0.555. The van der Waals surface area contributed by atoms with Crippen LogP contribution >= 0.6 is 0 Å². The Kier molecular flexibility index (Phi) is 5.42. The van der Waals surface area contributed by atoms with Crippen LogP contribution < -0.4 is 5.73 Å². The van der Waals surface area contributed by atoms with Gasteiger partial charge in [0.1, 0.15) is 0 Å². The number of hydrogen-bond donors (Lipinski definition) is 2. The lowest BCUT2D eigenvalue weighted by Crippen LogP contribution is -2.50. The summed E-state index contributed by atoms with van der Waals surface area (Å²) in [4.78, 5) is 2.33. The van der Waals surface area contributed by atoms with Gasteiger partial charge in [-0.05, 0) is 45.2 Å². The molecule has 3 nitrogen and oxygen atoms in total. The van der Waals surface area contributed by atoms with Gasteiger partial charge in [-0.1, -0.05) is 26.7 Å². The summed E-state index contributed by atoms with van der Waals surface area (Å²) in [6.45, 7) is 7.61. The normalized spacial score (nSPS) is 29.6. The minimum atomic E-state index is -0.606. The van der Waals surface area contributed by atoms with Crippen LogP contribution in [0.25, 0.3) is 0 Å². The van der Waals surface area contributed by atoms with Crippen LogP contribution in [0.2, 0.25) is 0 Å². The molecule has 0 radical (unpaired) electrons. The van der Waals surface area contributed by atoms with E-state index in [0.717, 1.165) is 13.1 Å². The quantitative estimate of drug-likeness (QED) is 0.773. The second-order valence-corrected chi connectivity index (χ2v) is 6.27. The number of hydrogen-bond acceptors (Lipinski definition) is 3. The van der Waals surface area contributed by atoms with E-state index in [4.69, 9.17) is 5.73 Å². The zero-order chi connectivity index (χ0) is 13.1. The van der Waals surface area contributed by atoms with Crippen molar-refractivity contribution in [3.8, 4) is 0 Å². The van der Waals surface area contributed by atoms with Crippen LogP contribution in [0.3, 0.4) is 0 Å². The molecule has 0 aromatic rings. The van der Waals surface area contributed by atoms with Crippen molar-refractivity contribution in [3.63, 3.8) is 0 Å². The van der Waals surface area contributed by atoms with Gasteiger partial charge in [-0.3, -0.25) is 0 Å². The van der Waals surface area contributed by atoms with Gasteiger partial charge < -0.3 is 15.7 Å².